The Morgan fingerprint density at radius 2 is 2.11 bits per heavy atom. The van der Waals surface area contributed by atoms with Crippen molar-refractivity contribution < 1.29 is 14.3 Å². The van der Waals surface area contributed by atoms with Crippen molar-refractivity contribution in [2.75, 3.05) is 13.7 Å². The van der Waals surface area contributed by atoms with Crippen molar-refractivity contribution in [2.24, 2.45) is 0 Å². The molecule has 96 valence electrons. The van der Waals surface area contributed by atoms with E-state index >= 15 is 0 Å². The van der Waals surface area contributed by atoms with Gasteiger partial charge in [-0.25, -0.2) is 4.79 Å². The van der Waals surface area contributed by atoms with E-state index in [1.54, 1.807) is 24.3 Å². The van der Waals surface area contributed by atoms with Crippen LogP contribution in [-0.2, 0) is 11.2 Å². The lowest BCUT2D eigenvalue weighted by Crippen LogP contribution is -2.05. The van der Waals surface area contributed by atoms with Crippen LogP contribution in [0.4, 0.5) is 0 Å². The number of halogens is 1. The minimum absolute atomic E-state index is 0.300. The largest absolute Gasteiger partial charge is 0.489 e. The number of hydrogen-bond acceptors (Lipinski definition) is 3. The lowest BCUT2D eigenvalue weighted by molar-refractivity contribution is 0.0601. The minimum Gasteiger partial charge on any atom is -0.489 e. The Morgan fingerprint density at radius 1 is 1.39 bits per heavy atom. The van der Waals surface area contributed by atoms with Gasteiger partial charge in [-0.1, -0.05) is 30.3 Å². The third-order valence-electron chi connectivity index (χ3n) is 2.28. The Bertz CT molecular complexity index is 466. The Labute approximate surface area is 112 Å². The van der Waals surface area contributed by atoms with Gasteiger partial charge in [0.05, 0.1) is 17.7 Å². The molecule has 0 bridgehead atoms. The summed E-state index contributed by atoms with van der Waals surface area (Å²) in [4.78, 5) is 11.5. The molecule has 0 aromatic heterocycles. The Hall–Kier alpha value is -1.74. The number of benzene rings is 1. The highest BCUT2D eigenvalue weighted by molar-refractivity contribution is 6.33. The van der Waals surface area contributed by atoms with Gasteiger partial charge in [0, 0.05) is 0 Å². The van der Waals surface area contributed by atoms with Crippen LogP contribution in [0.5, 0.6) is 5.75 Å². The number of carbonyl (C=O) groups is 1. The number of methoxy groups -OCH3 is 1. The lowest BCUT2D eigenvalue weighted by Gasteiger charge is -2.12. The molecule has 0 saturated heterocycles. The summed E-state index contributed by atoms with van der Waals surface area (Å²) in [6.07, 6.45) is 3.94. The summed E-state index contributed by atoms with van der Waals surface area (Å²) in [5, 5.41) is 0.300. The molecule has 1 aromatic carbocycles. The predicted molar refractivity (Wildman–Crippen MR) is 72.4 cm³/mol. The SMILES string of the molecule is C=CCOc1cc(Cl)c(C(=O)OC)cc1CC=C. The zero-order valence-electron chi connectivity index (χ0n) is 10.2. The summed E-state index contributed by atoms with van der Waals surface area (Å²) in [6, 6.07) is 3.27. The van der Waals surface area contributed by atoms with Gasteiger partial charge in [0.15, 0.2) is 0 Å². The maximum atomic E-state index is 11.5. The first-order valence-corrected chi connectivity index (χ1v) is 5.77. The summed E-state index contributed by atoms with van der Waals surface area (Å²) in [5.74, 6) is 0.146. The topological polar surface area (TPSA) is 35.5 Å². The van der Waals surface area contributed by atoms with E-state index in [2.05, 4.69) is 17.9 Å². The van der Waals surface area contributed by atoms with E-state index in [-0.39, 0.29) is 0 Å². The predicted octanol–water partition coefficient (Wildman–Crippen LogP) is 3.42. The highest BCUT2D eigenvalue weighted by atomic mass is 35.5. The van der Waals surface area contributed by atoms with Crippen LogP contribution < -0.4 is 4.74 Å². The molecule has 0 saturated carbocycles. The highest BCUT2D eigenvalue weighted by Gasteiger charge is 2.15. The van der Waals surface area contributed by atoms with Crippen molar-refractivity contribution in [3.05, 3.63) is 53.6 Å². The monoisotopic (exact) mass is 266 g/mol. The standard InChI is InChI=1S/C14H15ClO3/c1-4-6-10-8-11(14(16)17-3)12(15)9-13(10)18-7-5-2/h4-5,8-9H,1-2,6-7H2,3H3. The molecule has 0 aliphatic rings. The molecule has 1 aromatic rings. The second kappa shape index (κ2) is 6.87. The molecule has 1 rings (SSSR count). The van der Waals surface area contributed by atoms with E-state index < -0.39 is 5.97 Å². The first kappa shape index (κ1) is 14.3. The van der Waals surface area contributed by atoms with Gasteiger partial charge in [-0.2, -0.15) is 0 Å². The van der Waals surface area contributed by atoms with E-state index in [1.807, 2.05) is 0 Å². The second-order valence-corrected chi connectivity index (χ2v) is 3.93. The summed E-state index contributed by atoms with van der Waals surface area (Å²) in [5.41, 5.74) is 1.15. The van der Waals surface area contributed by atoms with Crippen LogP contribution in [0.15, 0.2) is 37.4 Å². The molecule has 0 heterocycles. The van der Waals surface area contributed by atoms with Gasteiger partial charge < -0.3 is 9.47 Å². The van der Waals surface area contributed by atoms with E-state index in [9.17, 15) is 4.79 Å². The molecule has 0 amide bonds. The van der Waals surface area contributed by atoms with Gasteiger partial charge in [0.1, 0.15) is 12.4 Å². The van der Waals surface area contributed by atoms with Gasteiger partial charge in [-0.3, -0.25) is 0 Å². The Morgan fingerprint density at radius 3 is 2.67 bits per heavy atom. The average molecular weight is 267 g/mol. The van der Waals surface area contributed by atoms with E-state index in [0.29, 0.717) is 29.4 Å². The van der Waals surface area contributed by atoms with Crippen molar-refractivity contribution in [3.8, 4) is 5.75 Å². The maximum absolute atomic E-state index is 11.5. The molecule has 0 N–H and O–H groups in total. The van der Waals surface area contributed by atoms with Crippen LogP contribution in [-0.4, -0.2) is 19.7 Å². The number of carbonyl (C=O) groups excluding carboxylic acids is 1. The molecular weight excluding hydrogens is 252 g/mol. The molecule has 18 heavy (non-hydrogen) atoms. The van der Waals surface area contributed by atoms with Crippen molar-refractivity contribution in [2.45, 2.75) is 6.42 Å². The van der Waals surface area contributed by atoms with Crippen molar-refractivity contribution in [1.82, 2.24) is 0 Å². The minimum atomic E-state index is -0.472. The molecule has 0 aliphatic heterocycles. The first-order chi connectivity index (χ1) is 8.63. The fourth-order valence-electron chi connectivity index (χ4n) is 1.46. The third-order valence-corrected chi connectivity index (χ3v) is 2.59. The van der Waals surface area contributed by atoms with E-state index in [1.165, 1.54) is 7.11 Å². The molecule has 0 radical (unpaired) electrons. The normalized spacial score (nSPS) is 9.67. The maximum Gasteiger partial charge on any atom is 0.339 e. The Balaban J connectivity index is 3.19. The second-order valence-electron chi connectivity index (χ2n) is 3.52. The van der Waals surface area contributed by atoms with Crippen LogP contribution in [0.2, 0.25) is 5.02 Å². The summed E-state index contributed by atoms with van der Waals surface area (Å²) in [7, 11) is 1.31. The zero-order valence-corrected chi connectivity index (χ0v) is 11.0. The van der Waals surface area contributed by atoms with Crippen molar-refractivity contribution in [1.29, 1.82) is 0 Å². The number of esters is 1. The Kier molecular flexibility index (Phi) is 5.46. The molecule has 0 fully saturated rings. The van der Waals surface area contributed by atoms with Gasteiger partial charge in [-0.15, -0.1) is 6.58 Å². The van der Waals surface area contributed by atoms with Gasteiger partial charge in [-0.05, 0) is 24.1 Å². The van der Waals surface area contributed by atoms with E-state index in [0.717, 1.165) is 5.56 Å². The van der Waals surface area contributed by atoms with E-state index in [4.69, 9.17) is 16.3 Å². The summed E-state index contributed by atoms with van der Waals surface area (Å²) < 4.78 is 10.2. The molecule has 0 aliphatic carbocycles. The van der Waals surface area contributed by atoms with Crippen LogP contribution in [0.25, 0.3) is 0 Å². The molecule has 3 nitrogen and oxygen atoms in total. The van der Waals surface area contributed by atoms with Gasteiger partial charge >= 0.3 is 5.97 Å². The molecule has 0 spiro atoms. The third kappa shape index (κ3) is 3.37. The van der Waals surface area contributed by atoms with Crippen LogP contribution >= 0.6 is 11.6 Å². The van der Waals surface area contributed by atoms with Crippen LogP contribution in [0, 0.1) is 0 Å². The average Bonchev–Trinajstić information content (AvgIpc) is 2.38. The van der Waals surface area contributed by atoms with Gasteiger partial charge in [0.2, 0.25) is 0 Å². The molecule has 0 unspecified atom stereocenters. The lowest BCUT2D eigenvalue weighted by atomic mass is 10.1. The number of allylic oxidation sites excluding steroid dienone is 1. The number of rotatable bonds is 6. The summed E-state index contributed by atoms with van der Waals surface area (Å²) in [6.45, 7) is 7.62. The van der Waals surface area contributed by atoms with Crippen molar-refractivity contribution >= 4 is 17.6 Å². The number of ether oxygens (including phenoxy) is 2. The smallest absolute Gasteiger partial charge is 0.339 e. The molecule has 4 heteroatoms. The molecular formula is C14H15ClO3. The fourth-order valence-corrected chi connectivity index (χ4v) is 1.70. The fraction of sp³-hybridized carbons (Fsp3) is 0.214. The number of hydrogen-bond donors (Lipinski definition) is 0. The van der Waals surface area contributed by atoms with Crippen LogP contribution in [0.3, 0.4) is 0 Å². The highest BCUT2D eigenvalue weighted by Crippen LogP contribution is 2.28. The van der Waals surface area contributed by atoms with Gasteiger partial charge in [0.25, 0.3) is 0 Å². The molecule has 0 atom stereocenters. The quantitative estimate of drug-likeness (QED) is 0.585. The van der Waals surface area contributed by atoms with Crippen molar-refractivity contribution in [3.63, 3.8) is 0 Å². The summed E-state index contributed by atoms with van der Waals surface area (Å²) >= 11 is 6.02. The zero-order chi connectivity index (χ0) is 13.5. The first-order valence-electron chi connectivity index (χ1n) is 5.39. The van der Waals surface area contributed by atoms with Crippen LogP contribution in [0.1, 0.15) is 15.9 Å².